The first-order chi connectivity index (χ1) is 23.4. The third-order valence-corrected chi connectivity index (χ3v) is 9.02. The normalized spacial score (nSPS) is 12.3. The Hall–Kier alpha value is -5.64. The van der Waals surface area contributed by atoms with Gasteiger partial charge in [-0.2, -0.15) is 13.2 Å². The standard InChI is InChI=1S/C39H22F8N2/c1-19-11-13-24-22-7-3-5-9-26(22)48(28(24)15-19)30-17-21(32-34(40)36(42)38(44)37(43)35(32)41)18-31(33(30)39(45,46)47)49-27-10-6-4-8-23(27)25-14-12-20(2)16-29(25)49/h3-18H,1-2H3. The lowest BCUT2D eigenvalue weighted by Gasteiger charge is -2.23. The Kier molecular flexibility index (Phi) is 6.69. The number of benzene rings is 6. The molecule has 0 aliphatic carbocycles. The van der Waals surface area contributed by atoms with Crippen molar-refractivity contribution in [1.82, 2.24) is 9.13 Å². The van der Waals surface area contributed by atoms with Gasteiger partial charge in [0.05, 0.1) is 39.0 Å². The summed E-state index contributed by atoms with van der Waals surface area (Å²) in [7, 11) is 0. The fourth-order valence-corrected chi connectivity index (χ4v) is 6.94. The summed E-state index contributed by atoms with van der Waals surface area (Å²) in [5, 5.41) is 2.40. The maximum Gasteiger partial charge on any atom is 0.420 e. The molecule has 49 heavy (non-hydrogen) atoms. The van der Waals surface area contributed by atoms with Crippen LogP contribution >= 0.6 is 0 Å². The van der Waals surface area contributed by atoms with Gasteiger partial charge < -0.3 is 9.13 Å². The summed E-state index contributed by atoms with van der Waals surface area (Å²) in [4.78, 5) is 0. The second kappa shape index (κ2) is 10.7. The summed E-state index contributed by atoms with van der Waals surface area (Å²) in [6, 6.07) is 25.6. The zero-order chi connectivity index (χ0) is 34.5. The van der Waals surface area contributed by atoms with Crippen LogP contribution in [0, 0.1) is 42.9 Å². The largest absolute Gasteiger partial charge is 0.420 e. The molecule has 10 heteroatoms. The zero-order valence-corrected chi connectivity index (χ0v) is 25.7. The molecule has 2 nitrogen and oxygen atoms in total. The third-order valence-electron chi connectivity index (χ3n) is 9.02. The molecule has 2 aromatic heterocycles. The summed E-state index contributed by atoms with van der Waals surface area (Å²) in [6.07, 6.45) is -5.08. The Morgan fingerprint density at radius 1 is 0.449 bits per heavy atom. The number of hydrogen-bond acceptors (Lipinski definition) is 0. The van der Waals surface area contributed by atoms with Crippen molar-refractivity contribution in [1.29, 1.82) is 0 Å². The van der Waals surface area contributed by atoms with Gasteiger partial charge in [-0.1, -0.05) is 60.7 Å². The number of nitrogens with zero attached hydrogens (tertiary/aromatic N) is 2. The highest BCUT2D eigenvalue weighted by molar-refractivity contribution is 6.11. The first-order valence-electron chi connectivity index (χ1n) is 15.1. The number of fused-ring (bicyclic) bond motifs is 6. The van der Waals surface area contributed by atoms with E-state index in [2.05, 4.69) is 0 Å². The molecule has 0 fully saturated rings. The number of alkyl halides is 3. The van der Waals surface area contributed by atoms with Crippen LogP contribution in [0.3, 0.4) is 0 Å². The van der Waals surface area contributed by atoms with Gasteiger partial charge in [-0.3, -0.25) is 0 Å². The molecule has 0 N–H and O–H groups in total. The third kappa shape index (κ3) is 4.46. The summed E-state index contributed by atoms with van der Waals surface area (Å²) in [5.74, 6) is -11.1. The Morgan fingerprint density at radius 3 is 1.27 bits per heavy atom. The maximum absolute atomic E-state index is 15.8. The van der Waals surface area contributed by atoms with Gasteiger partial charge in [0, 0.05) is 21.5 Å². The van der Waals surface area contributed by atoms with E-state index in [4.69, 9.17) is 0 Å². The Morgan fingerprint density at radius 2 is 0.837 bits per heavy atom. The predicted octanol–water partition coefficient (Wildman–Crippen LogP) is 11.9. The predicted molar refractivity (Wildman–Crippen MR) is 175 cm³/mol. The van der Waals surface area contributed by atoms with Gasteiger partial charge in [0.15, 0.2) is 23.3 Å². The molecule has 0 spiro atoms. The van der Waals surface area contributed by atoms with Gasteiger partial charge in [-0.15, -0.1) is 0 Å². The Bertz CT molecular complexity index is 2510. The van der Waals surface area contributed by atoms with Crippen LogP contribution in [-0.2, 0) is 6.18 Å². The molecule has 0 atom stereocenters. The van der Waals surface area contributed by atoms with E-state index in [1.807, 2.05) is 0 Å². The van der Waals surface area contributed by atoms with Gasteiger partial charge in [0.25, 0.3) is 0 Å². The van der Waals surface area contributed by atoms with Crippen molar-refractivity contribution >= 4 is 43.6 Å². The summed E-state index contributed by atoms with van der Waals surface area (Å²) in [6.45, 7) is 3.53. The smallest absolute Gasteiger partial charge is 0.309 e. The van der Waals surface area contributed by atoms with Gasteiger partial charge in [0.2, 0.25) is 5.82 Å². The van der Waals surface area contributed by atoms with Crippen molar-refractivity contribution in [3.05, 3.63) is 143 Å². The number of aryl methyl sites for hydroxylation is 2. The molecule has 0 amide bonds. The SMILES string of the molecule is Cc1ccc2c3ccccc3n(-c3cc(-c4c(F)c(F)c(F)c(F)c4F)cc(-n4c5ccccc5c5ccc(C)cc54)c3C(F)(F)F)c2c1. The fourth-order valence-electron chi connectivity index (χ4n) is 6.94. The molecule has 0 saturated heterocycles. The lowest BCUT2D eigenvalue weighted by molar-refractivity contribution is -0.137. The molecule has 8 aromatic rings. The minimum absolute atomic E-state index is 0.340. The van der Waals surface area contributed by atoms with E-state index in [0.29, 0.717) is 43.6 Å². The first-order valence-corrected chi connectivity index (χ1v) is 15.1. The number of halogens is 8. The molecule has 6 aromatic carbocycles. The highest BCUT2D eigenvalue weighted by Gasteiger charge is 2.40. The topological polar surface area (TPSA) is 9.86 Å². The molecule has 0 saturated carbocycles. The van der Waals surface area contributed by atoms with E-state index in [-0.39, 0.29) is 0 Å². The van der Waals surface area contributed by atoms with E-state index >= 15 is 22.0 Å². The van der Waals surface area contributed by atoms with E-state index in [1.54, 1.807) is 98.8 Å². The van der Waals surface area contributed by atoms with Crippen molar-refractivity contribution < 1.29 is 35.1 Å². The average Bonchev–Trinajstić information content (AvgIpc) is 3.57. The molecular formula is C39H22F8N2. The quantitative estimate of drug-likeness (QED) is 0.101. The highest BCUT2D eigenvalue weighted by Crippen LogP contribution is 2.47. The molecule has 2 heterocycles. The van der Waals surface area contributed by atoms with Gasteiger partial charge in [-0.25, -0.2) is 22.0 Å². The van der Waals surface area contributed by atoms with Crippen LogP contribution in [0.1, 0.15) is 16.7 Å². The number of para-hydroxylation sites is 2. The second-order valence-corrected chi connectivity index (χ2v) is 12.1. The van der Waals surface area contributed by atoms with Crippen molar-refractivity contribution in [3.63, 3.8) is 0 Å². The second-order valence-electron chi connectivity index (χ2n) is 12.1. The first kappa shape index (κ1) is 30.7. The van der Waals surface area contributed by atoms with Crippen LogP contribution in [0.15, 0.2) is 97.1 Å². The summed E-state index contributed by atoms with van der Waals surface area (Å²) in [5.41, 5.74) is -1.44. The van der Waals surface area contributed by atoms with Crippen LogP contribution in [0.25, 0.3) is 66.1 Å². The molecule has 0 aliphatic rings. The summed E-state index contributed by atoms with van der Waals surface area (Å²) < 4.78 is 125. The van der Waals surface area contributed by atoms with Crippen LogP contribution in [-0.4, -0.2) is 9.13 Å². The highest BCUT2D eigenvalue weighted by atomic mass is 19.4. The van der Waals surface area contributed by atoms with Crippen molar-refractivity contribution in [3.8, 4) is 22.5 Å². The van der Waals surface area contributed by atoms with Crippen LogP contribution in [0.2, 0.25) is 0 Å². The van der Waals surface area contributed by atoms with Crippen LogP contribution in [0.5, 0.6) is 0 Å². The zero-order valence-electron chi connectivity index (χ0n) is 25.7. The van der Waals surface area contributed by atoms with Crippen molar-refractivity contribution in [2.24, 2.45) is 0 Å². The monoisotopic (exact) mass is 670 g/mol. The fraction of sp³-hybridized carbons (Fsp3) is 0.0769. The molecule has 8 rings (SSSR count). The van der Waals surface area contributed by atoms with Crippen molar-refractivity contribution in [2.75, 3.05) is 0 Å². The molecule has 244 valence electrons. The molecule has 0 aliphatic heterocycles. The van der Waals surface area contributed by atoms with E-state index in [9.17, 15) is 13.2 Å². The van der Waals surface area contributed by atoms with E-state index in [0.717, 1.165) is 23.3 Å². The molecular weight excluding hydrogens is 648 g/mol. The van der Waals surface area contributed by atoms with Gasteiger partial charge in [0.1, 0.15) is 5.56 Å². The number of rotatable bonds is 3. The lowest BCUT2D eigenvalue weighted by atomic mass is 9.97. The average molecular weight is 671 g/mol. The van der Waals surface area contributed by atoms with Crippen LogP contribution in [0.4, 0.5) is 35.1 Å². The molecule has 0 radical (unpaired) electrons. The Balaban J connectivity index is 1.65. The van der Waals surface area contributed by atoms with E-state index in [1.165, 1.54) is 9.13 Å². The van der Waals surface area contributed by atoms with Crippen molar-refractivity contribution in [2.45, 2.75) is 20.0 Å². The Labute approximate surface area is 273 Å². The lowest BCUT2D eigenvalue weighted by Crippen LogP contribution is -2.16. The maximum atomic E-state index is 15.8. The van der Waals surface area contributed by atoms with Gasteiger partial charge >= 0.3 is 6.18 Å². The summed E-state index contributed by atoms with van der Waals surface area (Å²) >= 11 is 0. The number of aromatic nitrogens is 2. The minimum atomic E-state index is -5.08. The molecule has 0 bridgehead atoms. The molecule has 0 unspecified atom stereocenters. The minimum Gasteiger partial charge on any atom is -0.309 e. The van der Waals surface area contributed by atoms with Crippen LogP contribution < -0.4 is 0 Å². The van der Waals surface area contributed by atoms with Gasteiger partial charge in [-0.05, 0) is 66.9 Å². The van der Waals surface area contributed by atoms with E-state index < -0.39 is 63.3 Å². The number of hydrogen-bond donors (Lipinski definition) is 0.